The van der Waals surface area contributed by atoms with E-state index in [0.717, 1.165) is 24.3 Å². The summed E-state index contributed by atoms with van der Waals surface area (Å²) in [6, 6.07) is 4.15. The van der Waals surface area contributed by atoms with Crippen LogP contribution in [0.15, 0.2) is 36.0 Å². The van der Waals surface area contributed by atoms with Gasteiger partial charge in [-0.3, -0.25) is 0 Å². The molecule has 0 bridgehead atoms. The molecule has 1 unspecified atom stereocenters. The summed E-state index contributed by atoms with van der Waals surface area (Å²) in [6.07, 6.45) is -2.89. The molecule has 0 aliphatic carbocycles. The van der Waals surface area contributed by atoms with Crippen LogP contribution in [0.2, 0.25) is 0 Å². The quantitative estimate of drug-likeness (QED) is 0.663. The van der Waals surface area contributed by atoms with Gasteiger partial charge >= 0.3 is 12.1 Å². The van der Waals surface area contributed by atoms with Gasteiger partial charge in [0.1, 0.15) is 0 Å². The number of hydrogen-bond acceptors (Lipinski definition) is 5. The Morgan fingerprint density at radius 2 is 2.00 bits per heavy atom. The van der Waals surface area contributed by atoms with E-state index in [-0.39, 0.29) is 6.61 Å². The van der Waals surface area contributed by atoms with Crippen molar-refractivity contribution in [2.45, 2.75) is 19.1 Å². The second kappa shape index (κ2) is 6.40. The molecule has 2 rings (SSSR count). The van der Waals surface area contributed by atoms with Crippen LogP contribution in [0.25, 0.3) is 0 Å². The molecule has 0 amide bonds. The van der Waals surface area contributed by atoms with Gasteiger partial charge in [-0.05, 0) is 24.6 Å². The van der Waals surface area contributed by atoms with Crippen molar-refractivity contribution in [3.8, 4) is 0 Å². The number of carbonyl (C=O) groups is 1. The maximum absolute atomic E-state index is 12.6. The average Bonchev–Trinajstić information content (AvgIpc) is 2.47. The number of esters is 1. The fraction of sp³-hybridized carbons (Fsp3) is 0.308. The molecule has 1 aromatic carbocycles. The third-order valence-corrected chi connectivity index (χ3v) is 3.43. The lowest BCUT2D eigenvalue weighted by Gasteiger charge is -2.24. The maximum Gasteiger partial charge on any atom is 0.416 e. The Bertz CT molecular complexity index is 543. The number of nitrogens with one attached hydrogen (secondary N) is 2. The third-order valence-electron chi connectivity index (χ3n) is 2.84. The van der Waals surface area contributed by atoms with Gasteiger partial charge in [-0.15, -0.1) is 0 Å². The summed E-state index contributed by atoms with van der Waals surface area (Å²) in [6.45, 7) is 1.91. The number of halogens is 3. The summed E-state index contributed by atoms with van der Waals surface area (Å²) in [5, 5.41) is 0. The minimum Gasteiger partial charge on any atom is -0.463 e. The van der Waals surface area contributed by atoms with Crippen molar-refractivity contribution in [1.82, 2.24) is 9.44 Å². The lowest BCUT2D eigenvalue weighted by molar-refractivity contribution is -0.139. The largest absolute Gasteiger partial charge is 0.463 e. The van der Waals surface area contributed by atoms with Crippen molar-refractivity contribution < 1.29 is 22.7 Å². The van der Waals surface area contributed by atoms with Crippen LogP contribution < -0.4 is 9.44 Å². The number of ether oxygens (including phenoxy) is 1. The molecule has 1 heterocycles. The zero-order valence-electron chi connectivity index (χ0n) is 11.0. The van der Waals surface area contributed by atoms with Crippen LogP contribution in [-0.4, -0.2) is 12.6 Å². The van der Waals surface area contributed by atoms with Gasteiger partial charge in [-0.1, -0.05) is 12.1 Å². The number of benzene rings is 1. The highest BCUT2D eigenvalue weighted by Gasteiger charge is 2.31. The fourth-order valence-corrected chi connectivity index (χ4v) is 2.47. The van der Waals surface area contributed by atoms with Crippen molar-refractivity contribution in [2.24, 2.45) is 0 Å². The predicted octanol–water partition coefficient (Wildman–Crippen LogP) is 2.95. The summed E-state index contributed by atoms with van der Waals surface area (Å²) in [4.78, 5) is 11.8. The molecule has 0 saturated heterocycles. The number of alkyl halides is 3. The molecule has 1 aromatic rings. The molecule has 1 aliphatic heterocycles. The number of carbonyl (C=O) groups excluding carboxylic acids is 1. The Morgan fingerprint density at radius 3 is 2.57 bits per heavy atom. The van der Waals surface area contributed by atoms with E-state index < -0.39 is 23.8 Å². The lowest BCUT2D eigenvalue weighted by Crippen LogP contribution is -2.30. The molecule has 21 heavy (non-hydrogen) atoms. The van der Waals surface area contributed by atoms with Crippen molar-refractivity contribution in [3.63, 3.8) is 0 Å². The smallest absolute Gasteiger partial charge is 0.416 e. The highest BCUT2D eigenvalue weighted by atomic mass is 32.2. The second-order valence-corrected chi connectivity index (χ2v) is 4.89. The number of hydrogen-bond donors (Lipinski definition) is 2. The minimum atomic E-state index is -4.38. The van der Waals surface area contributed by atoms with E-state index in [0.29, 0.717) is 11.1 Å². The Hall–Kier alpha value is -1.67. The van der Waals surface area contributed by atoms with Crippen LogP contribution >= 0.6 is 12.1 Å². The van der Waals surface area contributed by atoms with Crippen LogP contribution in [0.3, 0.4) is 0 Å². The molecule has 4 nitrogen and oxygen atoms in total. The van der Waals surface area contributed by atoms with E-state index >= 15 is 0 Å². The van der Waals surface area contributed by atoms with Crippen molar-refractivity contribution in [3.05, 3.63) is 47.2 Å². The summed E-state index contributed by atoms with van der Waals surface area (Å²) >= 11 is 1.14. The van der Waals surface area contributed by atoms with E-state index in [2.05, 4.69) is 9.44 Å². The third kappa shape index (κ3) is 3.70. The minimum absolute atomic E-state index is 0.225. The van der Waals surface area contributed by atoms with Gasteiger partial charge in [0.05, 0.1) is 23.8 Å². The average molecular weight is 318 g/mol. The van der Waals surface area contributed by atoms with Gasteiger partial charge in [-0.25, -0.2) is 9.52 Å². The zero-order chi connectivity index (χ0) is 15.5. The summed E-state index contributed by atoms with van der Waals surface area (Å²) < 4.78 is 48.3. The maximum atomic E-state index is 12.6. The molecule has 1 atom stereocenters. The zero-order valence-corrected chi connectivity index (χ0v) is 11.8. The fourth-order valence-electron chi connectivity index (χ4n) is 1.84. The molecular formula is C13H13F3N2O2S. The Balaban J connectivity index is 2.25. The monoisotopic (exact) mass is 318 g/mol. The first-order chi connectivity index (χ1) is 9.93. The molecule has 0 aromatic heterocycles. The van der Waals surface area contributed by atoms with Crippen LogP contribution in [0.4, 0.5) is 13.2 Å². The molecule has 114 valence electrons. The Morgan fingerprint density at radius 1 is 1.33 bits per heavy atom. The first-order valence-corrected chi connectivity index (χ1v) is 6.96. The summed E-state index contributed by atoms with van der Waals surface area (Å²) in [5.74, 6) is -0.511. The van der Waals surface area contributed by atoms with Gasteiger partial charge in [0.25, 0.3) is 0 Å². The Labute approximate surface area is 124 Å². The van der Waals surface area contributed by atoms with Gasteiger partial charge in [0, 0.05) is 18.3 Å². The van der Waals surface area contributed by atoms with E-state index in [1.807, 2.05) is 0 Å². The van der Waals surface area contributed by atoms with Crippen molar-refractivity contribution in [2.75, 3.05) is 6.61 Å². The van der Waals surface area contributed by atoms with Crippen LogP contribution in [-0.2, 0) is 15.7 Å². The first kappa shape index (κ1) is 15.7. The van der Waals surface area contributed by atoms with E-state index in [4.69, 9.17) is 4.74 Å². The molecule has 2 N–H and O–H groups in total. The summed E-state index contributed by atoms with van der Waals surface area (Å²) in [5.41, 5.74) is 0.140. The van der Waals surface area contributed by atoms with Crippen LogP contribution in [0.5, 0.6) is 0 Å². The highest BCUT2D eigenvalue weighted by Crippen LogP contribution is 2.32. The predicted molar refractivity (Wildman–Crippen MR) is 72.8 cm³/mol. The van der Waals surface area contributed by atoms with Crippen LogP contribution in [0.1, 0.15) is 24.1 Å². The molecule has 0 fully saturated rings. The topological polar surface area (TPSA) is 50.4 Å². The summed E-state index contributed by atoms with van der Waals surface area (Å²) in [7, 11) is 0. The lowest BCUT2D eigenvalue weighted by atomic mass is 9.99. The highest BCUT2D eigenvalue weighted by molar-refractivity contribution is 7.95. The van der Waals surface area contributed by atoms with Crippen LogP contribution in [0, 0.1) is 0 Å². The van der Waals surface area contributed by atoms with Gasteiger partial charge in [-0.2, -0.15) is 13.2 Å². The van der Waals surface area contributed by atoms with Gasteiger partial charge < -0.3 is 9.46 Å². The van der Waals surface area contributed by atoms with Crippen molar-refractivity contribution in [1.29, 1.82) is 0 Å². The molecule has 0 spiro atoms. The molecule has 0 radical (unpaired) electrons. The number of rotatable bonds is 3. The normalized spacial score (nSPS) is 18.7. The van der Waals surface area contributed by atoms with E-state index in [1.54, 1.807) is 6.92 Å². The first-order valence-electron chi connectivity index (χ1n) is 6.14. The van der Waals surface area contributed by atoms with Gasteiger partial charge in [0.15, 0.2) is 0 Å². The van der Waals surface area contributed by atoms with Gasteiger partial charge in [0.2, 0.25) is 0 Å². The van der Waals surface area contributed by atoms with E-state index in [1.165, 1.54) is 18.3 Å². The molecule has 8 heteroatoms. The molecular weight excluding hydrogens is 305 g/mol. The molecule has 0 saturated carbocycles. The second-order valence-electron chi connectivity index (χ2n) is 4.21. The standard InChI is InChI=1S/C13H13F3N2O2S/c1-2-20-12(19)10-7-17-21-18-11(10)8-3-5-9(6-4-8)13(14,15)16/h3-7,11,17-18H,2H2,1H3. The SMILES string of the molecule is CCOC(=O)C1=CNSNC1c1ccc(C(F)(F)F)cc1. The molecule has 1 aliphatic rings. The van der Waals surface area contributed by atoms with Crippen molar-refractivity contribution >= 4 is 18.1 Å². The van der Waals surface area contributed by atoms with E-state index in [9.17, 15) is 18.0 Å². The Kier molecular flexibility index (Phi) is 4.79.